The van der Waals surface area contributed by atoms with Gasteiger partial charge in [-0.25, -0.2) is 0 Å². The fourth-order valence-corrected chi connectivity index (χ4v) is 4.37. The van der Waals surface area contributed by atoms with Crippen LogP contribution in [-0.4, -0.2) is 42.9 Å². The molecule has 26 heavy (non-hydrogen) atoms. The van der Waals surface area contributed by atoms with Gasteiger partial charge in [-0.05, 0) is 57.4 Å². The normalized spacial score (nSPS) is 24.3. The van der Waals surface area contributed by atoms with E-state index in [9.17, 15) is 9.59 Å². The van der Waals surface area contributed by atoms with E-state index in [-0.39, 0.29) is 29.6 Å². The fraction of sp³-hybridized carbons (Fsp3) is 0.600. The maximum Gasteiger partial charge on any atom is 0.253 e. The second kappa shape index (κ2) is 8.87. The van der Waals surface area contributed by atoms with Crippen molar-refractivity contribution in [1.82, 2.24) is 10.2 Å². The largest absolute Gasteiger partial charge is 0.339 e. The number of rotatable bonds is 5. The number of hydrogen-bond acceptors (Lipinski definition) is 3. The van der Waals surface area contributed by atoms with Crippen molar-refractivity contribution in [3.63, 3.8) is 0 Å². The maximum atomic E-state index is 13.1. The van der Waals surface area contributed by atoms with Crippen molar-refractivity contribution in [1.29, 1.82) is 0 Å². The van der Waals surface area contributed by atoms with Crippen molar-refractivity contribution < 1.29 is 9.59 Å². The molecule has 3 rings (SSSR count). The van der Waals surface area contributed by atoms with Gasteiger partial charge >= 0.3 is 0 Å². The van der Waals surface area contributed by atoms with Gasteiger partial charge in [0.05, 0.1) is 5.41 Å². The van der Waals surface area contributed by atoms with Gasteiger partial charge in [-0.1, -0.05) is 18.9 Å². The summed E-state index contributed by atoms with van der Waals surface area (Å²) in [6, 6.07) is 7.33. The summed E-state index contributed by atoms with van der Waals surface area (Å²) >= 11 is 0. The van der Waals surface area contributed by atoms with E-state index in [1.807, 2.05) is 32.0 Å². The minimum Gasteiger partial charge on any atom is -0.339 e. The van der Waals surface area contributed by atoms with Crippen LogP contribution in [0.4, 0.5) is 5.69 Å². The number of carbonyl (C=O) groups excluding carboxylic acids is 2. The average Bonchev–Trinajstić information content (AvgIpc) is 3.08. The van der Waals surface area contributed by atoms with Crippen LogP contribution in [0.3, 0.4) is 0 Å². The lowest BCUT2D eigenvalue weighted by molar-refractivity contribution is -0.128. The molecule has 2 fully saturated rings. The van der Waals surface area contributed by atoms with Crippen LogP contribution in [0.2, 0.25) is 0 Å². The van der Waals surface area contributed by atoms with Gasteiger partial charge in [0.1, 0.15) is 0 Å². The molecule has 1 aromatic carbocycles. The Hall–Kier alpha value is -1.59. The Labute approximate surface area is 162 Å². The first-order chi connectivity index (χ1) is 12.1. The number of amides is 2. The van der Waals surface area contributed by atoms with Gasteiger partial charge < -0.3 is 15.5 Å². The Kier molecular flexibility index (Phi) is 7.07. The summed E-state index contributed by atoms with van der Waals surface area (Å²) in [6.07, 6.45) is 4.41. The predicted octanol–water partition coefficient (Wildman–Crippen LogP) is 3.31. The van der Waals surface area contributed by atoms with Gasteiger partial charge in [0.2, 0.25) is 5.91 Å². The van der Waals surface area contributed by atoms with Gasteiger partial charge in [-0.2, -0.15) is 0 Å². The molecule has 5 nitrogen and oxygen atoms in total. The van der Waals surface area contributed by atoms with E-state index in [0.717, 1.165) is 32.4 Å². The summed E-state index contributed by atoms with van der Waals surface area (Å²) in [6.45, 7) is 7.02. The minimum atomic E-state index is -0.281. The number of benzene rings is 1. The number of carbonyl (C=O) groups is 2. The van der Waals surface area contributed by atoms with Crippen molar-refractivity contribution in [2.45, 2.75) is 39.5 Å². The topological polar surface area (TPSA) is 61.4 Å². The van der Waals surface area contributed by atoms with Crippen molar-refractivity contribution in [2.75, 3.05) is 31.5 Å². The number of halogens is 1. The molecule has 144 valence electrons. The van der Waals surface area contributed by atoms with Crippen LogP contribution >= 0.6 is 12.4 Å². The van der Waals surface area contributed by atoms with Crippen LogP contribution in [0, 0.1) is 11.3 Å². The molecule has 0 radical (unpaired) electrons. The third-order valence-corrected chi connectivity index (χ3v) is 5.91. The Morgan fingerprint density at radius 2 is 2.04 bits per heavy atom. The third-order valence-electron chi connectivity index (χ3n) is 5.91. The van der Waals surface area contributed by atoms with E-state index < -0.39 is 0 Å². The molecule has 2 N–H and O–H groups in total. The van der Waals surface area contributed by atoms with Gasteiger partial charge in [0.15, 0.2) is 0 Å². The molecule has 0 bridgehead atoms. The Bertz CT molecular complexity index is 648. The molecule has 0 aromatic heterocycles. The summed E-state index contributed by atoms with van der Waals surface area (Å²) in [4.78, 5) is 27.4. The highest BCUT2D eigenvalue weighted by atomic mass is 35.5. The zero-order valence-corrected chi connectivity index (χ0v) is 16.5. The lowest BCUT2D eigenvalue weighted by Gasteiger charge is -2.37. The lowest BCUT2D eigenvalue weighted by atomic mass is 9.67. The SMILES string of the molecule is CCN(CC)C(=O)c1cccc(NC(=O)[C@@]23CCCC[C@H]2CNC3)c1.Cl. The molecule has 1 aromatic rings. The minimum absolute atomic E-state index is 0. The molecule has 1 saturated carbocycles. The number of nitrogens with zero attached hydrogens (tertiary/aromatic N) is 1. The van der Waals surface area contributed by atoms with E-state index >= 15 is 0 Å². The smallest absolute Gasteiger partial charge is 0.253 e. The van der Waals surface area contributed by atoms with Crippen LogP contribution in [0.1, 0.15) is 49.9 Å². The van der Waals surface area contributed by atoms with Crippen molar-refractivity contribution >= 4 is 29.9 Å². The molecule has 2 amide bonds. The summed E-state index contributed by atoms with van der Waals surface area (Å²) in [5.41, 5.74) is 1.06. The third kappa shape index (κ3) is 3.89. The Morgan fingerprint density at radius 3 is 2.77 bits per heavy atom. The zero-order valence-electron chi connectivity index (χ0n) is 15.7. The standard InChI is InChI=1S/C20H29N3O2.ClH/c1-3-23(4-2)18(24)15-8-7-10-17(12-15)22-19(25)20-11-6-5-9-16(20)13-21-14-20;/h7-8,10,12,16,21H,3-6,9,11,13-14H2,1-2H3,(H,22,25);1H/t16-,20+;/m0./s1. The molecule has 2 aliphatic rings. The maximum absolute atomic E-state index is 13.1. The number of nitrogens with one attached hydrogen (secondary N) is 2. The zero-order chi connectivity index (χ0) is 17.9. The summed E-state index contributed by atoms with van der Waals surface area (Å²) in [5.74, 6) is 0.550. The molecule has 0 spiro atoms. The molecular formula is C20H30ClN3O2. The number of anilines is 1. The van der Waals surface area contributed by atoms with Crippen LogP contribution in [0.25, 0.3) is 0 Å². The molecule has 1 saturated heterocycles. The monoisotopic (exact) mass is 379 g/mol. The number of hydrogen-bond donors (Lipinski definition) is 2. The van der Waals surface area contributed by atoms with Gasteiger partial charge in [0, 0.05) is 30.9 Å². The highest BCUT2D eigenvalue weighted by Gasteiger charge is 2.49. The predicted molar refractivity (Wildman–Crippen MR) is 107 cm³/mol. The van der Waals surface area contributed by atoms with Crippen molar-refractivity contribution in [3.05, 3.63) is 29.8 Å². The van der Waals surface area contributed by atoms with Crippen LogP contribution in [0.15, 0.2) is 24.3 Å². The second-order valence-corrected chi connectivity index (χ2v) is 7.24. The second-order valence-electron chi connectivity index (χ2n) is 7.24. The molecule has 1 aliphatic heterocycles. The molecule has 2 atom stereocenters. The first-order valence-corrected chi connectivity index (χ1v) is 9.52. The molecule has 1 aliphatic carbocycles. The first-order valence-electron chi connectivity index (χ1n) is 9.52. The van der Waals surface area contributed by atoms with E-state index in [2.05, 4.69) is 10.6 Å². The van der Waals surface area contributed by atoms with E-state index in [1.54, 1.807) is 11.0 Å². The highest BCUT2D eigenvalue weighted by Crippen LogP contribution is 2.44. The van der Waals surface area contributed by atoms with Crippen molar-refractivity contribution in [2.24, 2.45) is 11.3 Å². The van der Waals surface area contributed by atoms with Gasteiger partial charge in [-0.15, -0.1) is 12.4 Å². The van der Waals surface area contributed by atoms with Gasteiger partial charge in [-0.3, -0.25) is 9.59 Å². The van der Waals surface area contributed by atoms with E-state index in [1.165, 1.54) is 6.42 Å². The van der Waals surface area contributed by atoms with E-state index in [4.69, 9.17) is 0 Å². The Morgan fingerprint density at radius 1 is 1.27 bits per heavy atom. The lowest BCUT2D eigenvalue weighted by Crippen LogP contribution is -2.44. The van der Waals surface area contributed by atoms with Crippen LogP contribution < -0.4 is 10.6 Å². The first kappa shape index (κ1) is 20.7. The van der Waals surface area contributed by atoms with Gasteiger partial charge in [0.25, 0.3) is 5.91 Å². The number of fused-ring (bicyclic) bond motifs is 1. The molecule has 0 unspecified atom stereocenters. The van der Waals surface area contributed by atoms with Crippen molar-refractivity contribution in [3.8, 4) is 0 Å². The summed E-state index contributed by atoms with van der Waals surface area (Å²) in [7, 11) is 0. The van der Waals surface area contributed by atoms with Crippen LogP contribution in [0.5, 0.6) is 0 Å². The molecule has 6 heteroatoms. The molecular weight excluding hydrogens is 350 g/mol. The summed E-state index contributed by atoms with van der Waals surface area (Å²) in [5, 5.41) is 6.50. The van der Waals surface area contributed by atoms with E-state index in [0.29, 0.717) is 30.3 Å². The quantitative estimate of drug-likeness (QED) is 0.825. The fourth-order valence-electron chi connectivity index (χ4n) is 4.37. The highest BCUT2D eigenvalue weighted by molar-refractivity contribution is 5.99. The summed E-state index contributed by atoms with van der Waals surface area (Å²) < 4.78 is 0. The average molecular weight is 380 g/mol. The molecule has 1 heterocycles. The van der Waals surface area contributed by atoms with Crippen LogP contribution in [-0.2, 0) is 4.79 Å². The Balaban J connectivity index is 0.00000243.